The molecule has 25 heavy (non-hydrogen) atoms. The molecule has 2 aromatic heterocycles. The number of carboxylic acids is 1. The van der Waals surface area contributed by atoms with Crippen LogP contribution in [0.15, 0.2) is 48.7 Å². The first-order valence-corrected chi connectivity index (χ1v) is 7.94. The molecule has 0 aliphatic heterocycles. The highest BCUT2D eigenvalue weighted by atomic mass is 35.5. The van der Waals surface area contributed by atoms with Gasteiger partial charge in [-0.15, -0.1) is 0 Å². The number of hydrogen-bond acceptors (Lipinski definition) is 4. The van der Waals surface area contributed by atoms with Crippen molar-refractivity contribution in [3.8, 4) is 0 Å². The molecule has 0 saturated carbocycles. The molecule has 4 rings (SSSR count). The van der Waals surface area contributed by atoms with E-state index in [0.29, 0.717) is 27.5 Å². The highest BCUT2D eigenvalue weighted by molar-refractivity contribution is 6.30. The van der Waals surface area contributed by atoms with Crippen molar-refractivity contribution in [1.82, 2.24) is 14.4 Å². The number of carboxylic acid groups (broad SMARTS) is 1. The molecule has 2 aromatic carbocycles. The molecule has 0 saturated heterocycles. The number of fused-ring (bicyclic) bond motifs is 3. The molecule has 0 aliphatic rings. The van der Waals surface area contributed by atoms with Crippen molar-refractivity contribution in [2.45, 2.75) is 6.92 Å². The number of halogens is 1. The number of anilines is 2. The van der Waals surface area contributed by atoms with Crippen LogP contribution in [-0.4, -0.2) is 25.4 Å². The Hall–Kier alpha value is -3.12. The van der Waals surface area contributed by atoms with Crippen LogP contribution < -0.4 is 5.32 Å². The summed E-state index contributed by atoms with van der Waals surface area (Å²) in [5.41, 5.74) is 3.12. The van der Waals surface area contributed by atoms with Crippen LogP contribution in [0, 0.1) is 6.92 Å². The Bertz CT molecular complexity index is 1140. The standard InChI is InChI=1S/C18H13ClN4O2/c1-10-9-23-16(20-10)14-7-11(17(24)25)5-6-15(14)22-18(23)21-13-4-2-3-12(19)8-13/h2-9H,1H3,(H,21,22)(H,24,25). The fourth-order valence-corrected chi connectivity index (χ4v) is 2.94. The normalized spacial score (nSPS) is 11.1. The molecule has 2 N–H and O–H groups in total. The van der Waals surface area contributed by atoms with Gasteiger partial charge in [0.2, 0.25) is 5.95 Å². The second-order valence-corrected chi connectivity index (χ2v) is 6.12. The van der Waals surface area contributed by atoms with Crippen molar-refractivity contribution < 1.29 is 9.90 Å². The number of nitrogens with zero attached hydrogens (tertiary/aromatic N) is 3. The van der Waals surface area contributed by atoms with Gasteiger partial charge in [-0.2, -0.15) is 0 Å². The number of aromatic carboxylic acids is 1. The molecule has 4 aromatic rings. The van der Waals surface area contributed by atoms with E-state index in [-0.39, 0.29) is 5.56 Å². The number of imidazole rings is 1. The molecule has 6 nitrogen and oxygen atoms in total. The van der Waals surface area contributed by atoms with Gasteiger partial charge in [0, 0.05) is 22.3 Å². The molecule has 0 aliphatic carbocycles. The first-order chi connectivity index (χ1) is 12.0. The minimum atomic E-state index is -0.982. The average molecular weight is 353 g/mol. The third-order valence-corrected chi connectivity index (χ3v) is 4.08. The van der Waals surface area contributed by atoms with Gasteiger partial charge in [-0.3, -0.25) is 4.40 Å². The van der Waals surface area contributed by atoms with Crippen LogP contribution in [0.3, 0.4) is 0 Å². The van der Waals surface area contributed by atoms with Gasteiger partial charge in [-0.25, -0.2) is 14.8 Å². The summed E-state index contributed by atoms with van der Waals surface area (Å²) in [6, 6.07) is 12.2. The van der Waals surface area contributed by atoms with Crippen LogP contribution in [0.2, 0.25) is 5.02 Å². The zero-order valence-electron chi connectivity index (χ0n) is 13.2. The number of benzene rings is 2. The number of rotatable bonds is 3. The molecule has 0 atom stereocenters. The Kier molecular flexibility index (Phi) is 3.54. The summed E-state index contributed by atoms with van der Waals surface area (Å²) in [6.07, 6.45) is 1.85. The van der Waals surface area contributed by atoms with Crippen LogP contribution in [-0.2, 0) is 0 Å². The van der Waals surface area contributed by atoms with Crippen molar-refractivity contribution in [3.05, 3.63) is 64.9 Å². The second kappa shape index (κ2) is 5.75. The van der Waals surface area contributed by atoms with Gasteiger partial charge in [-0.05, 0) is 43.3 Å². The number of aromatic nitrogens is 3. The smallest absolute Gasteiger partial charge is 0.335 e. The van der Waals surface area contributed by atoms with Crippen LogP contribution in [0.4, 0.5) is 11.6 Å². The quantitative estimate of drug-likeness (QED) is 0.575. The van der Waals surface area contributed by atoms with E-state index in [1.807, 2.05) is 29.7 Å². The van der Waals surface area contributed by atoms with Crippen molar-refractivity contribution in [3.63, 3.8) is 0 Å². The van der Waals surface area contributed by atoms with Crippen molar-refractivity contribution in [2.75, 3.05) is 5.32 Å². The van der Waals surface area contributed by atoms with Crippen LogP contribution in [0.1, 0.15) is 16.1 Å². The van der Waals surface area contributed by atoms with E-state index in [2.05, 4.69) is 15.3 Å². The molecule has 0 bridgehead atoms. The SMILES string of the molecule is Cc1cn2c(Nc3cccc(Cl)c3)nc3ccc(C(=O)O)cc3c2n1. The monoisotopic (exact) mass is 352 g/mol. The number of aryl methyl sites for hydroxylation is 1. The Morgan fingerprint density at radius 1 is 1.20 bits per heavy atom. The Labute approximate surface area is 147 Å². The van der Waals surface area contributed by atoms with E-state index in [4.69, 9.17) is 11.6 Å². The van der Waals surface area contributed by atoms with Crippen molar-refractivity contribution in [2.24, 2.45) is 0 Å². The number of nitrogens with one attached hydrogen (secondary N) is 1. The second-order valence-electron chi connectivity index (χ2n) is 5.68. The van der Waals surface area contributed by atoms with Crippen molar-refractivity contribution >= 4 is 45.8 Å². The third-order valence-electron chi connectivity index (χ3n) is 3.85. The zero-order valence-corrected chi connectivity index (χ0v) is 13.9. The lowest BCUT2D eigenvalue weighted by Gasteiger charge is -2.10. The first-order valence-electron chi connectivity index (χ1n) is 7.56. The van der Waals surface area contributed by atoms with Gasteiger partial charge in [0.25, 0.3) is 0 Å². The lowest BCUT2D eigenvalue weighted by molar-refractivity contribution is 0.0697. The lowest BCUT2D eigenvalue weighted by atomic mass is 10.1. The molecule has 0 amide bonds. The summed E-state index contributed by atoms with van der Waals surface area (Å²) < 4.78 is 1.81. The molecule has 0 unspecified atom stereocenters. The molecule has 0 spiro atoms. The minimum absolute atomic E-state index is 0.201. The van der Waals surface area contributed by atoms with Gasteiger partial charge in [-0.1, -0.05) is 17.7 Å². The highest BCUT2D eigenvalue weighted by Gasteiger charge is 2.13. The summed E-state index contributed by atoms with van der Waals surface area (Å²) >= 11 is 6.04. The molecule has 124 valence electrons. The van der Waals surface area contributed by atoms with Crippen LogP contribution >= 0.6 is 11.6 Å². The zero-order chi connectivity index (χ0) is 17.6. The predicted molar refractivity (Wildman–Crippen MR) is 96.9 cm³/mol. The predicted octanol–water partition coefficient (Wildman–Crippen LogP) is 4.29. The number of hydrogen-bond donors (Lipinski definition) is 2. The number of carbonyl (C=O) groups is 1. The maximum atomic E-state index is 11.3. The van der Waals surface area contributed by atoms with Gasteiger partial charge >= 0.3 is 5.97 Å². The average Bonchev–Trinajstić information content (AvgIpc) is 2.97. The van der Waals surface area contributed by atoms with Gasteiger partial charge in [0.1, 0.15) is 5.65 Å². The molecular formula is C18H13ClN4O2. The largest absolute Gasteiger partial charge is 0.478 e. The first kappa shape index (κ1) is 15.4. The van der Waals surface area contributed by atoms with E-state index >= 15 is 0 Å². The fraction of sp³-hybridized carbons (Fsp3) is 0.0556. The third kappa shape index (κ3) is 2.77. The maximum absolute atomic E-state index is 11.3. The Morgan fingerprint density at radius 2 is 2.04 bits per heavy atom. The summed E-state index contributed by atoms with van der Waals surface area (Å²) in [7, 11) is 0. The maximum Gasteiger partial charge on any atom is 0.335 e. The Morgan fingerprint density at radius 3 is 2.80 bits per heavy atom. The summed E-state index contributed by atoms with van der Waals surface area (Å²) in [5.74, 6) is -0.405. The summed E-state index contributed by atoms with van der Waals surface area (Å²) in [4.78, 5) is 20.4. The molecular weight excluding hydrogens is 340 g/mol. The van der Waals surface area contributed by atoms with Crippen LogP contribution in [0.5, 0.6) is 0 Å². The molecule has 2 heterocycles. The van der Waals surface area contributed by atoms with Crippen molar-refractivity contribution in [1.29, 1.82) is 0 Å². The van der Waals surface area contributed by atoms with E-state index in [0.717, 1.165) is 11.4 Å². The highest BCUT2D eigenvalue weighted by Crippen LogP contribution is 2.26. The van der Waals surface area contributed by atoms with E-state index in [9.17, 15) is 9.90 Å². The van der Waals surface area contributed by atoms with Gasteiger partial charge in [0.15, 0.2) is 0 Å². The minimum Gasteiger partial charge on any atom is -0.478 e. The van der Waals surface area contributed by atoms with E-state index < -0.39 is 5.97 Å². The van der Waals surface area contributed by atoms with Crippen LogP contribution in [0.25, 0.3) is 16.6 Å². The van der Waals surface area contributed by atoms with E-state index in [1.165, 1.54) is 6.07 Å². The molecule has 7 heteroatoms. The van der Waals surface area contributed by atoms with Gasteiger partial charge in [0.05, 0.1) is 16.8 Å². The summed E-state index contributed by atoms with van der Waals surface area (Å²) in [6.45, 7) is 1.88. The topological polar surface area (TPSA) is 79.5 Å². The molecule has 0 fully saturated rings. The van der Waals surface area contributed by atoms with Gasteiger partial charge < -0.3 is 10.4 Å². The summed E-state index contributed by atoms with van der Waals surface area (Å²) in [5, 5.41) is 13.8. The molecule has 0 radical (unpaired) electrons. The Balaban J connectivity index is 1.94. The fourth-order valence-electron chi connectivity index (χ4n) is 2.75. The lowest BCUT2D eigenvalue weighted by Crippen LogP contribution is -2.03. The van der Waals surface area contributed by atoms with E-state index in [1.54, 1.807) is 24.3 Å².